The highest BCUT2D eigenvalue weighted by Gasteiger charge is 2.33. The molecule has 1 aromatic heterocycles. The molecule has 0 saturated carbocycles. The summed E-state index contributed by atoms with van der Waals surface area (Å²) in [6.07, 6.45) is -3.21. The Hall–Kier alpha value is -2.51. The van der Waals surface area contributed by atoms with E-state index in [1.807, 2.05) is 0 Å². The maximum Gasteiger partial charge on any atom is 0.435 e. The van der Waals surface area contributed by atoms with Crippen molar-refractivity contribution in [1.29, 1.82) is 5.41 Å². The molecule has 0 spiro atoms. The zero-order valence-electron chi connectivity index (χ0n) is 11.1. The van der Waals surface area contributed by atoms with Crippen LogP contribution in [0.2, 0.25) is 0 Å². The summed E-state index contributed by atoms with van der Waals surface area (Å²) in [5, 5.41) is 10.9. The Labute approximate surface area is 118 Å². The van der Waals surface area contributed by atoms with Crippen LogP contribution in [0.15, 0.2) is 30.5 Å². The van der Waals surface area contributed by atoms with Crippen LogP contribution in [0.1, 0.15) is 16.8 Å². The Morgan fingerprint density at radius 1 is 1.38 bits per heavy atom. The lowest BCUT2D eigenvalue weighted by molar-refractivity contribution is -0.141. The van der Waals surface area contributed by atoms with Gasteiger partial charge in [-0.3, -0.25) is 10.1 Å². The lowest BCUT2D eigenvalue weighted by Gasteiger charge is -2.10. The molecular formula is C13H13F3N4O. The van der Waals surface area contributed by atoms with Gasteiger partial charge in [-0.1, -0.05) is 6.07 Å². The predicted octanol–water partition coefficient (Wildman–Crippen LogP) is 2.24. The minimum Gasteiger partial charge on any atom is -0.496 e. The molecule has 0 fully saturated rings. The van der Waals surface area contributed by atoms with Gasteiger partial charge in [0.15, 0.2) is 5.69 Å². The van der Waals surface area contributed by atoms with E-state index in [1.54, 1.807) is 18.2 Å². The van der Waals surface area contributed by atoms with Crippen LogP contribution in [0.5, 0.6) is 5.75 Å². The second kappa shape index (κ2) is 5.47. The van der Waals surface area contributed by atoms with Crippen molar-refractivity contribution in [3.8, 4) is 5.75 Å². The zero-order chi connectivity index (χ0) is 15.6. The summed E-state index contributed by atoms with van der Waals surface area (Å²) in [7, 11) is 1.45. The van der Waals surface area contributed by atoms with Gasteiger partial charge in [0.1, 0.15) is 11.6 Å². The number of hydrogen-bond donors (Lipinski definition) is 2. The summed E-state index contributed by atoms with van der Waals surface area (Å²) < 4.78 is 43.7. The van der Waals surface area contributed by atoms with Gasteiger partial charge in [-0.15, -0.1) is 0 Å². The molecule has 2 aromatic rings. The van der Waals surface area contributed by atoms with Crippen molar-refractivity contribution in [1.82, 2.24) is 9.78 Å². The van der Waals surface area contributed by atoms with Gasteiger partial charge in [-0.05, 0) is 23.8 Å². The fourth-order valence-electron chi connectivity index (χ4n) is 1.85. The summed E-state index contributed by atoms with van der Waals surface area (Å²) in [6, 6.07) is 5.80. The fraction of sp³-hybridized carbons (Fsp3) is 0.231. The van der Waals surface area contributed by atoms with Gasteiger partial charge < -0.3 is 10.5 Å². The van der Waals surface area contributed by atoms with E-state index in [4.69, 9.17) is 15.9 Å². The minimum absolute atomic E-state index is 0.139. The Morgan fingerprint density at radius 2 is 2.10 bits per heavy atom. The SMILES string of the molecule is COc1ccc(Cn2ccc(C(F)(F)F)n2)cc1C(=N)N. The standard InChI is InChI=1S/C13H13F3N4O/c1-21-10-3-2-8(6-9(10)12(17)18)7-20-5-4-11(19-20)13(14,15)16/h2-6H,7H2,1H3,(H3,17,18). The molecule has 21 heavy (non-hydrogen) atoms. The predicted molar refractivity (Wildman–Crippen MR) is 70.3 cm³/mol. The third-order valence-corrected chi connectivity index (χ3v) is 2.83. The number of nitrogen functional groups attached to an aromatic ring is 1. The summed E-state index contributed by atoms with van der Waals surface area (Å²) in [4.78, 5) is 0. The average molecular weight is 298 g/mol. The smallest absolute Gasteiger partial charge is 0.435 e. The van der Waals surface area contributed by atoms with E-state index in [0.717, 1.165) is 6.07 Å². The van der Waals surface area contributed by atoms with Crippen molar-refractivity contribution in [2.75, 3.05) is 7.11 Å². The number of rotatable bonds is 4. The molecule has 8 heteroatoms. The third kappa shape index (κ3) is 3.33. The summed E-state index contributed by atoms with van der Waals surface area (Å²) in [5.41, 5.74) is 5.56. The lowest BCUT2D eigenvalue weighted by atomic mass is 10.1. The molecule has 0 bridgehead atoms. The van der Waals surface area contributed by atoms with Gasteiger partial charge in [-0.25, -0.2) is 0 Å². The highest BCUT2D eigenvalue weighted by Crippen LogP contribution is 2.27. The maximum atomic E-state index is 12.5. The topological polar surface area (TPSA) is 76.9 Å². The van der Waals surface area contributed by atoms with Crippen molar-refractivity contribution < 1.29 is 17.9 Å². The minimum atomic E-state index is -4.46. The van der Waals surface area contributed by atoms with E-state index in [0.29, 0.717) is 16.9 Å². The van der Waals surface area contributed by atoms with Gasteiger partial charge >= 0.3 is 6.18 Å². The molecule has 112 valence electrons. The van der Waals surface area contributed by atoms with Gasteiger partial charge in [-0.2, -0.15) is 18.3 Å². The largest absolute Gasteiger partial charge is 0.496 e. The van der Waals surface area contributed by atoms with Crippen LogP contribution in [0.4, 0.5) is 13.2 Å². The molecule has 0 amide bonds. The quantitative estimate of drug-likeness (QED) is 0.671. The fourth-order valence-corrected chi connectivity index (χ4v) is 1.85. The number of methoxy groups -OCH3 is 1. The van der Waals surface area contributed by atoms with Crippen LogP contribution >= 0.6 is 0 Å². The van der Waals surface area contributed by atoms with Crippen LogP contribution in [0.3, 0.4) is 0 Å². The van der Waals surface area contributed by atoms with Crippen molar-refractivity contribution in [2.45, 2.75) is 12.7 Å². The van der Waals surface area contributed by atoms with Crippen LogP contribution < -0.4 is 10.5 Å². The molecule has 0 saturated heterocycles. The van der Waals surface area contributed by atoms with Crippen molar-refractivity contribution in [3.63, 3.8) is 0 Å². The molecule has 0 aliphatic heterocycles. The molecule has 0 aliphatic rings. The van der Waals surface area contributed by atoms with E-state index in [2.05, 4.69) is 5.10 Å². The molecule has 0 atom stereocenters. The maximum absolute atomic E-state index is 12.5. The van der Waals surface area contributed by atoms with E-state index in [1.165, 1.54) is 18.0 Å². The van der Waals surface area contributed by atoms with E-state index in [9.17, 15) is 13.2 Å². The van der Waals surface area contributed by atoms with E-state index < -0.39 is 11.9 Å². The van der Waals surface area contributed by atoms with Gasteiger partial charge in [0.05, 0.1) is 19.2 Å². The van der Waals surface area contributed by atoms with Crippen LogP contribution in [-0.2, 0) is 12.7 Å². The number of nitrogens with one attached hydrogen (secondary N) is 1. The second-order valence-electron chi connectivity index (χ2n) is 4.34. The Kier molecular flexibility index (Phi) is 3.88. The first-order valence-electron chi connectivity index (χ1n) is 5.93. The van der Waals surface area contributed by atoms with Crippen molar-refractivity contribution in [2.24, 2.45) is 5.73 Å². The summed E-state index contributed by atoms with van der Waals surface area (Å²) >= 11 is 0. The van der Waals surface area contributed by atoms with Crippen molar-refractivity contribution in [3.05, 3.63) is 47.3 Å². The highest BCUT2D eigenvalue weighted by molar-refractivity contribution is 5.97. The van der Waals surface area contributed by atoms with Crippen LogP contribution in [0.25, 0.3) is 0 Å². The molecule has 3 N–H and O–H groups in total. The zero-order valence-corrected chi connectivity index (χ0v) is 11.1. The molecule has 0 radical (unpaired) electrons. The molecule has 0 aliphatic carbocycles. The summed E-state index contributed by atoms with van der Waals surface area (Å²) in [6.45, 7) is 0.139. The Morgan fingerprint density at radius 3 is 2.62 bits per heavy atom. The number of aromatic nitrogens is 2. The number of hydrogen-bond acceptors (Lipinski definition) is 3. The summed E-state index contributed by atoms with van der Waals surface area (Å²) in [5.74, 6) is 0.257. The van der Waals surface area contributed by atoms with Crippen LogP contribution in [-0.4, -0.2) is 22.7 Å². The van der Waals surface area contributed by atoms with E-state index >= 15 is 0 Å². The molecule has 1 heterocycles. The van der Waals surface area contributed by atoms with Gasteiger partial charge in [0.2, 0.25) is 0 Å². The normalized spacial score (nSPS) is 11.4. The number of nitrogens with two attached hydrogens (primary N) is 1. The third-order valence-electron chi connectivity index (χ3n) is 2.83. The molecule has 5 nitrogen and oxygen atoms in total. The van der Waals surface area contributed by atoms with Gasteiger partial charge in [0, 0.05) is 6.20 Å². The molecular weight excluding hydrogens is 285 g/mol. The number of amidine groups is 1. The monoisotopic (exact) mass is 298 g/mol. The molecule has 0 unspecified atom stereocenters. The number of nitrogens with zero attached hydrogens (tertiary/aromatic N) is 2. The van der Waals surface area contributed by atoms with Gasteiger partial charge in [0.25, 0.3) is 0 Å². The number of alkyl halides is 3. The number of ether oxygens (including phenoxy) is 1. The first kappa shape index (κ1) is 14.9. The average Bonchev–Trinajstić information content (AvgIpc) is 2.87. The molecule has 1 aromatic carbocycles. The van der Waals surface area contributed by atoms with E-state index in [-0.39, 0.29) is 12.4 Å². The molecule has 2 rings (SSSR count). The number of halogens is 3. The Bertz CT molecular complexity index is 664. The second-order valence-corrected chi connectivity index (χ2v) is 4.34. The van der Waals surface area contributed by atoms with Crippen molar-refractivity contribution >= 4 is 5.84 Å². The van der Waals surface area contributed by atoms with Crippen LogP contribution in [0, 0.1) is 5.41 Å². The first-order valence-corrected chi connectivity index (χ1v) is 5.93. The first-order chi connectivity index (χ1) is 9.81. The highest BCUT2D eigenvalue weighted by atomic mass is 19.4. The lowest BCUT2D eigenvalue weighted by Crippen LogP contribution is -2.13. The number of benzene rings is 1. The Balaban J connectivity index is 2.26.